The largest absolute Gasteiger partial charge is 2.00 e. The number of benzene rings is 2. The number of nitrogens with zero attached hydrogens (tertiary/aromatic N) is 2. The normalized spacial score (nSPS) is 10.9. The number of aryl methyl sites for hydroxylation is 2. The molecule has 0 aliphatic carbocycles. The smallest absolute Gasteiger partial charge is 0.348 e. The van der Waals surface area contributed by atoms with Gasteiger partial charge in [-0.25, -0.2) is 0 Å². The molecule has 0 amide bonds. The molecule has 2 aromatic rings. The van der Waals surface area contributed by atoms with Crippen molar-refractivity contribution >= 4 is 11.4 Å². The fraction of sp³-hybridized carbons (Fsp3) is 0.727. The third-order valence-electron chi connectivity index (χ3n) is 13.6. The van der Waals surface area contributed by atoms with Crippen molar-refractivity contribution in [3.63, 3.8) is 0 Å². The third kappa shape index (κ3) is 45.4. The van der Waals surface area contributed by atoms with Gasteiger partial charge in [0.25, 0.3) is 0 Å². The number of rotatable bonds is 44. The molecule has 3 heteroatoms. The zero-order valence-electron chi connectivity index (χ0n) is 46.7. The Hall–Kier alpha value is -2.17. The Kier molecular flexibility index (Phi) is 56.7. The third-order valence-corrected chi connectivity index (χ3v) is 13.6. The van der Waals surface area contributed by atoms with E-state index in [0.717, 1.165) is 44.1 Å². The molecule has 2 aromatic carbocycles. The van der Waals surface area contributed by atoms with Crippen LogP contribution >= 0.6 is 0 Å². The standard InChI is InChI=1S/C32H44N2.2C17H35.Ni/c1-4-7-10-13-17-28-20-15-22-31(24-28)32(25-29(26-34-33)18-12-9-6-3)30-21-14-19-27(23-30)16-11-8-5-2;2*1-3-5-7-9-11-13-15-17-16-14-12-10-8-6-4-2;/h14-15,19-25H,4-13,16-18H2,1-3H3;2*1,3-17H2,2H3;/q;2*-1;+2. The molecule has 0 unspecified atom stereocenters. The molecule has 0 radical (unpaired) electrons. The molecule has 0 aliphatic rings. The molecule has 0 aromatic heterocycles. The van der Waals surface area contributed by atoms with Crippen LogP contribution in [0.3, 0.4) is 0 Å². The summed E-state index contributed by atoms with van der Waals surface area (Å²) < 4.78 is 0. The van der Waals surface area contributed by atoms with Gasteiger partial charge >= 0.3 is 22.4 Å². The minimum Gasteiger partial charge on any atom is -0.348 e. The number of allylic oxidation sites excluding steroid dienone is 2. The summed E-state index contributed by atoms with van der Waals surface area (Å²) in [6.45, 7) is 19.1. The van der Waals surface area contributed by atoms with E-state index < -0.39 is 0 Å². The Morgan fingerprint density at radius 3 is 1.04 bits per heavy atom. The molecular formula is C66H114N2Ni. The van der Waals surface area contributed by atoms with Crippen molar-refractivity contribution in [2.75, 3.05) is 0 Å². The molecule has 2 nitrogen and oxygen atoms in total. The summed E-state index contributed by atoms with van der Waals surface area (Å²) in [6, 6.07) is 18.0. The van der Waals surface area contributed by atoms with Gasteiger partial charge in [0, 0.05) is 0 Å². The predicted molar refractivity (Wildman–Crippen MR) is 308 cm³/mol. The Labute approximate surface area is 442 Å². The van der Waals surface area contributed by atoms with Crippen LogP contribution < -0.4 is 0 Å². The van der Waals surface area contributed by atoms with Crippen LogP contribution in [0.4, 0.5) is 0 Å². The van der Waals surface area contributed by atoms with Gasteiger partial charge in [-0.1, -0.05) is 308 Å². The predicted octanol–water partition coefficient (Wildman–Crippen LogP) is 22.8. The fourth-order valence-corrected chi connectivity index (χ4v) is 9.16. The van der Waals surface area contributed by atoms with Crippen LogP contribution in [0.2, 0.25) is 0 Å². The van der Waals surface area contributed by atoms with Crippen LogP contribution in [0.5, 0.6) is 0 Å². The molecule has 0 N–H and O–H groups in total. The number of unbranched alkanes of at least 4 members (excludes halogenated alkanes) is 35. The number of hydrogen-bond acceptors (Lipinski definition) is 0. The molecule has 0 spiro atoms. The average Bonchev–Trinajstić information content (AvgIpc) is 3.36. The van der Waals surface area contributed by atoms with Crippen LogP contribution in [0, 0.1) is 13.8 Å². The second kappa shape index (κ2) is 56.7. The van der Waals surface area contributed by atoms with Gasteiger partial charge in [-0.2, -0.15) is 12.8 Å². The second-order valence-corrected chi connectivity index (χ2v) is 20.3. The zero-order chi connectivity index (χ0) is 49.6. The first-order valence-electron chi connectivity index (χ1n) is 30.0. The van der Waals surface area contributed by atoms with Gasteiger partial charge in [-0.05, 0) is 72.4 Å². The van der Waals surface area contributed by atoms with E-state index in [1.165, 1.54) is 265 Å². The minimum absolute atomic E-state index is 0. The molecule has 0 atom stereocenters. The first-order chi connectivity index (χ1) is 33.5. The maximum Gasteiger partial charge on any atom is 2.00 e. The van der Waals surface area contributed by atoms with Gasteiger partial charge in [0.1, 0.15) is 0 Å². The SMILES string of the molecule is CCCCCCc1cccc(C(=CC(=C=[N+]=[N-])CCCCC)c2cccc(CCCCC)c2)c1.[CH2-]CCCCCCCCCCCCCCCC.[CH2-]CCCCCCCCCCCCCCCC.[Ni+2]. The van der Waals surface area contributed by atoms with Crippen LogP contribution in [0.25, 0.3) is 11.1 Å². The Morgan fingerprint density at radius 2 is 0.710 bits per heavy atom. The quantitative estimate of drug-likeness (QED) is 0.0121. The van der Waals surface area contributed by atoms with Crippen molar-refractivity contribution in [1.82, 2.24) is 0 Å². The summed E-state index contributed by atoms with van der Waals surface area (Å²) in [4.78, 5) is 3.27. The molecule has 0 saturated carbocycles. The maximum atomic E-state index is 9.26. The first kappa shape index (κ1) is 68.9. The van der Waals surface area contributed by atoms with Gasteiger partial charge < -0.3 is 19.4 Å². The van der Waals surface area contributed by atoms with Crippen molar-refractivity contribution in [2.24, 2.45) is 0 Å². The van der Waals surface area contributed by atoms with Crippen LogP contribution in [-0.2, 0) is 29.3 Å². The topological polar surface area (TPSA) is 36.4 Å². The Balaban J connectivity index is 0. The number of hydrogen-bond donors (Lipinski definition) is 0. The summed E-state index contributed by atoms with van der Waals surface area (Å²) in [5, 5.41) is 0. The molecule has 0 aliphatic heterocycles. The molecule has 2 rings (SSSR count). The van der Waals surface area contributed by atoms with Crippen LogP contribution in [0.1, 0.15) is 320 Å². The summed E-state index contributed by atoms with van der Waals surface area (Å²) >= 11 is 0. The van der Waals surface area contributed by atoms with Crippen LogP contribution in [0.15, 0.2) is 60.2 Å². The average molecular weight is 994 g/mol. The van der Waals surface area contributed by atoms with E-state index in [4.69, 9.17) is 0 Å². The Bertz CT molecular complexity index is 1400. The summed E-state index contributed by atoms with van der Waals surface area (Å²) in [6.07, 6.45) is 60.2. The fourth-order valence-electron chi connectivity index (χ4n) is 9.16. The minimum atomic E-state index is 0. The maximum absolute atomic E-state index is 9.26. The van der Waals surface area contributed by atoms with Gasteiger partial charge in [-0.15, -0.1) is 4.79 Å². The monoisotopic (exact) mass is 993 g/mol. The Morgan fingerprint density at radius 1 is 0.420 bits per heavy atom. The van der Waals surface area contributed by atoms with E-state index in [9.17, 15) is 5.53 Å². The molecule has 0 heterocycles. The van der Waals surface area contributed by atoms with Crippen molar-refractivity contribution in [3.8, 4) is 0 Å². The zero-order valence-corrected chi connectivity index (χ0v) is 47.7. The van der Waals surface area contributed by atoms with Crippen molar-refractivity contribution in [1.29, 1.82) is 0 Å². The molecule has 69 heavy (non-hydrogen) atoms. The van der Waals surface area contributed by atoms with E-state index in [0.29, 0.717) is 0 Å². The molecule has 0 bridgehead atoms. The summed E-state index contributed by atoms with van der Waals surface area (Å²) in [5.41, 5.74) is 16.6. The van der Waals surface area contributed by atoms with Crippen molar-refractivity contribution in [2.45, 2.75) is 311 Å². The van der Waals surface area contributed by atoms with Gasteiger partial charge in [0.05, 0.1) is 5.57 Å². The molecular weight excluding hydrogens is 879 g/mol. The van der Waals surface area contributed by atoms with Crippen molar-refractivity contribution in [3.05, 3.63) is 102 Å². The van der Waals surface area contributed by atoms with E-state index >= 15 is 0 Å². The van der Waals surface area contributed by atoms with E-state index in [2.05, 4.69) is 114 Å². The summed E-state index contributed by atoms with van der Waals surface area (Å²) in [5.74, 6) is 2.85. The van der Waals surface area contributed by atoms with Gasteiger partial charge in [0.15, 0.2) is 0 Å². The van der Waals surface area contributed by atoms with Crippen molar-refractivity contribution < 1.29 is 21.3 Å². The summed E-state index contributed by atoms with van der Waals surface area (Å²) in [7, 11) is 0. The molecule has 398 valence electrons. The van der Waals surface area contributed by atoms with Gasteiger partial charge in [0.2, 0.25) is 0 Å². The van der Waals surface area contributed by atoms with E-state index in [-0.39, 0.29) is 16.5 Å². The molecule has 0 fully saturated rings. The first-order valence-corrected chi connectivity index (χ1v) is 30.0. The molecule has 0 saturated heterocycles. The second-order valence-electron chi connectivity index (χ2n) is 20.3. The van der Waals surface area contributed by atoms with E-state index in [1.54, 1.807) is 0 Å². The van der Waals surface area contributed by atoms with Crippen LogP contribution in [-0.4, -0.2) is 10.7 Å². The van der Waals surface area contributed by atoms with Gasteiger partial charge in [-0.3, -0.25) is 0 Å². The van der Waals surface area contributed by atoms with E-state index in [1.807, 2.05) is 0 Å².